The Hall–Kier alpha value is -1.21. The molecule has 0 atom stereocenters. The second-order valence-electron chi connectivity index (χ2n) is 5.03. The van der Waals surface area contributed by atoms with E-state index in [1.807, 2.05) is 4.90 Å². The average molecular weight is 356 g/mol. The fourth-order valence-electron chi connectivity index (χ4n) is 2.36. The molecule has 0 N–H and O–H groups in total. The summed E-state index contributed by atoms with van der Waals surface area (Å²) in [5.74, 6) is 0.948. The Kier molecular flexibility index (Phi) is 5.93. The Morgan fingerprint density at radius 3 is 2.29 bits per heavy atom. The van der Waals surface area contributed by atoms with Gasteiger partial charge in [-0.15, -0.1) is 0 Å². The summed E-state index contributed by atoms with van der Waals surface area (Å²) in [5, 5.41) is 0. The van der Waals surface area contributed by atoms with E-state index in [1.54, 1.807) is 12.4 Å². The van der Waals surface area contributed by atoms with Crippen LogP contribution < -0.4 is 4.90 Å². The third-order valence-corrected chi connectivity index (χ3v) is 4.18. The first-order valence-electron chi connectivity index (χ1n) is 7.36. The van der Waals surface area contributed by atoms with Crippen molar-refractivity contribution in [1.82, 2.24) is 19.8 Å². The highest BCUT2D eigenvalue weighted by Gasteiger charge is 2.23. The van der Waals surface area contributed by atoms with E-state index in [4.69, 9.17) is 0 Å². The second kappa shape index (κ2) is 7.70. The number of halogens is 1. The predicted octanol–water partition coefficient (Wildman–Crippen LogP) is 1.23. The van der Waals surface area contributed by atoms with Crippen LogP contribution in [0.5, 0.6) is 0 Å². The van der Waals surface area contributed by atoms with Crippen LogP contribution in [0.2, 0.25) is 0 Å². The van der Waals surface area contributed by atoms with Crippen molar-refractivity contribution in [1.29, 1.82) is 0 Å². The molecule has 1 aliphatic rings. The third kappa shape index (κ3) is 4.38. The number of carbonyl (C=O) groups excluding carboxylic acids is 1. The Labute approximate surface area is 134 Å². The number of carbonyl (C=O) groups is 1. The highest BCUT2D eigenvalue weighted by Crippen LogP contribution is 2.13. The second-order valence-corrected chi connectivity index (χ2v) is 5.95. The van der Waals surface area contributed by atoms with Crippen molar-refractivity contribution in [2.75, 3.05) is 50.7 Å². The Balaban J connectivity index is 1.85. The molecule has 2 rings (SSSR count). The number of likely N-dealkylation sites (N-methyl/N-ethyl adjacent to an activating group) is 1. The number of rotatable bonds is 5. The molecule has 0 unspecified atom stereocenters. The Morgan fingerprint density at radius 1 is 1.19 bits per heavy atom. The van der Waals surface area contributed by atoms with Crippen molar-refractivity contribution in [3.05, 3.63) is 16.9 Å². The number of amides is 1. The summed E-state index contributed by atoms with van der Waals surface area (Å²) >= 11 is 3.33. The maximum absolute atomic E-state index is 12.2. The molecule has 0 spiro atoms. The number of hydrogen-bond acceptors (Lipinski definition) is 5. The quantitative estimate of drug-likeness (QED) is 0.794. The molecular formula is C14H22BrN5O. The lowest BCUT2D eigenvalue weighted by Crippen LogP contribution is -2.51. The summed E-state index contributed by atoms with van der Waals surface area (Å²) in [7, 11) is 0. The molecule has 2 heterocycles. The summed E-state index contributed by atoms with van der Waals surface area (Å²) < 4.78 is 0.874. The highest BCUT2D eigenvalue weighted by atomic mass is 79.9. The fraction of sp³-hybridized carbons (Fsp3) is 0.643. The number of hydrogen-bond donors (Lipinski definition) is 0. The van der Waals surface area contributed by atoms with E-state index >= 15 is 0 Å². The van der Waals surface area contributed by atoms with Crippen molar-refractivity contribution >= 4 is 27.8 Å². The van der Waals surface area contributed by atoms with Gasteiger partial charge in [-0.1, -0.05) is 13.8 Å². The zero-order valence-corrected chi connectivity index (χ0v) is 14.2. The van der Waals surface area contributed by atoms with Crippen molar-refractivity contribution in [2.24, 2.45) is 0 Å². The van der Waals surface area contributed by atoms with Gasteiger partial charge in [0, 0.05) is 38.6 Å². The van der Waals surface area contributed by atoms with E-state index in [0.29, 0.717) is 6.54 Å². The van der Waals surface area contributed by atoms with Crippen LogP contribution in [0.15, 0.2) is 16.9 Å². The lowest BCUT2D eigenvalue weighted by Gasteiger charge is -2.35. The molecule has 0 bridgehead atoms. The van der Waals surface area contributed by atoms with E-state index in [9.17, 15) is 4.79 Å². The smallest absolute Gasteiger partial charge is 0.236 e. The molecule has 1 saturated heterocycles. The van der Waals surface area contributed by atoms with Gasteiger partial charge < -0.3 is 9.80 Å². The van der Waals surface area contributed by atoms with Crippen molar-refractivity contribution in [3.63, 3.8) is 0 Å². The van der Waals surface area contributed by atoms with E-state index < -0.39 is 0 Å². The zero-order chi connectivity index (χ0) is 15.2. The van der Waals surface area contributed by atoms with Crippen LogP contribution in [0.1, 0.15) is 13.8 Å². The molecule has 116 valence electrons. The van der Waals surface area contributed by atoms with Gasteiger partial charge in [0.1, 0.15) is 0 Å². The van der Waals surface area contributed by atoms with E-state index in [1.165, 1.54) is 0 Å². The van der Waals surface area contributed by atoms with Gasteiger partial charge in [0.25, 0.3) is 0 Å². The maximum atomic E-state index is 12.2. The van der Waals surface area contributed by atoms with Crippen LogP contribution in [0.25, 0.3) is 0 Å². The van der Waals surface area contributed by atoms with Gasteiger partial charge in [-0.05, 0) is 29.0 Å². The molecule has 0 aromatic carbocycles. The molecule has 1 aliphatic heterocycles. The summed E-state index contributed by atoms with van der Waals surface area (Å²) in [6.45, 7) is 9.54. The van der Waals surface area contributed by atoms with E-state index in [-0.39, 0.29) is 5.91 Å². The molecule has 1 fully saturated rings. The maximum Gasteiger partial charge on any atom is 0.236 e. The predicted molar refractivity (Wildman–Crippen MR) is 86.3 cm³/mol. The summed E-state index contributed by atoms with van der Waals surface area (Å²) in [4.78, 5) is 27.1. The van der Waals surface area contributed by atoms with Crippen LogP contribution in [0, 0.1) is 0 Å². The molecule has 21 heavy (non-hydrogen) atoms. The average Bonchev–Trinajstić information content (AvgIpc) is 2.53. The van der Waals surface area contributed by atoms with Crippen LogP contribution in [-0.4, -0.2) is 71.5 Å². The zero-order valence-electron chi connectivity index (χ0n) is 12.6. The first kappa shape index (κ1) is 16.2. The Morgan fingerprint density at radius 2 is 1.76 bits per heavy atom. The number of anilines is 1. The van der Waals surface area contributed by atoms with Gasteiger partial charge in [0.2, 0.25) is 11.9 Å². The van der Waals surface area contributed by atoms with Crippen molar-refractivity contribution in [2.45, 2.75) is 13.8 Å². The first-order valence-corrected chi connectivity index (χ1v) is 8.16. The fourth-order valence-corrected chi connectivity index (χ4v) is 2.57. The van der Waals surface area contributed by atoms with Crippen molar-refractivity contribution in [3.8, 4) is 0 Å². The first-order chi connectivity index (χ1) is 10.1. The normalized spacial score (nSPS) is 15.6. The highest BCUT2D eigenvalue weighted by molar-refractivity contribution is 9.10. The molecule has 1 amide bonds. The molecule has 7 heteroatoms. The summed E-state index contributed by atoms with van der Waals surface area (Å²) in [6, 6.07) is 0. The molecule has 0 saturated carbocycles. The van der Waals surface area contributed by atoms with Gasteiger partial charge in [0.15, 0.2) is 0 Å². The van der Waals surface area contributed by atoms with Crippen LogP contribution in [0.3, 0.4) is 0 Å². The van der Waals surface area contributed by atoms with Crippen LogP contribution in [-0.2, 0) is 4.79 Å². The number of aromatic nitrogens is 2. The van der Waals surface area contributed by atoms with Gasteiger partial charge in [-0.3, -0.25) is 9.69 Å². The summed E-state index contributed by atoms with van der Waals surface area (Å²) in [5.41, 5.74) is 0. The lowest BCUT2D eigenvalue weighted by molar-refractivity contribution is -0.132. The van der Waals surface area contributed by atoms with Gasteiger partial charge in [-0.25, -0.2) is 9.97 Å². The van der Waals surface area contributed by atoms with Gasteiger partial charge in [-0.2, -0.15) is 0 Å². The topological polar surface area (TPSA) is 52.6 Å². The van der Waals surface area contributed by atoms with Gasteiger partial charge >= 0.3 is 0 Å². The largest absolute Gasteiger partial charge is 0.338 e. The third-order valence-electron chi connectivity index (χ3n) is 3.78. The SMILES string of the molecule is CCN(CC)CC(=O)N1CCN(c2ncc(Br)cn2)CC1. The van der Waals surface area contributed by atoms with Crippen LogP contribution >= 0.6 is 15.9 Å². The summed E-state index contributed by atoms with van der Waals surface area (Å²) in [6.07, 6.45) is 3.50. The monoisotopic (exact) mass is 355 g/mol. The molecule has 1 aromatic rings. The minimum absolute atomic E-state index is 0.218. The number of piperazine rings is 1. The molecule has 0 aliphatic carbocycles. The lowest BCUT2D eigenvalue weighted by atomic mass is 10.3. The van der Waals surface area contributed by atoms with Crippen LogP contribution in [0.4, 0.5) is 5.95 Å². The molecular weight excluding hydrogens is 334 g/mol. The standard InChI is InChI=1S/C14H22BrN5O/c1-3-18(4-2)11-13(21)19-5-7-20(8-6-19)14-16-9-12(15)10-17-14/h9-10H,3-8,11H2,1-2H3. The Bertz CT molecular complexity index is 455. The van der Waals surface area contributed by atoms with Crippen molar-refractivity contribution < 1.29 is 4.79 Å². The molecule has 6 nitrogen and oxygen atoms in total. The van der Waals surface area contributed by atoms with E-state index in [2.05, 4.69) is 49.5 Å². The van der Waals surface area contributed by atoms with E-state index in [0.717, 1.165) is 49.7 Å². The minimum Gasteiger partial charge on any atom is -0.338 e. The number of nitrogens with zero attached hydrogens (tertiary/aromatic N) is 5. The molecule has 1 aromatic heterocycles. The molecule has 0 radical (unpaired) electrons. The minimum atomic E-state index is 0.218. The van der Waals surface area contributed by atoms with Gasteiger partial charge in [0.05, 0.1) is 11.0 Å².